The Hall–Kier alpha value is -1.53. The molecule has 0 N–H and O–H groups in total. The van der Waals surface area contributed by atoms with Gasteiger partial charge in [-0.05, 0) is 44.9 Å². The van der Waals surface area contributed by atoms with E-state index in [1.54, 1.807) is 12.1 Å². The molecule has 1 aliphatic rings. The molecule has 0 saturated carbocycles. The predicted molar refractivity (Wildman–Crippen MR) is 77.7 cm³/mol. The lowest BCUT2D eigenvalue weighted by atomic mass is 10.0. The molecule has 1 heterocycles. The standard InChI is InChI=1S/C16H22N2O/c1-14-6-3-4-11-18(14)12-5-13-19-16-9-7-15(17-2)8-10-16/h7-10,14H,3-6,11-13H2,1H3. The van der Waals surface area contributed by atoms with Crippen molar-refractivity contribution < 1.29 is 4.74 Å². The van der Waals surface area contributed by atoms with Crippen LogP contribution in [0, 0.1) is 6.57 Å². The van der Waals surface area contributed by atoms with E-state index in [1.807, 2.05) is 12.1 Å². The molecule has 1 unspecified atom stereocenters. The van der Waals surface area contributed by atoms with Gasteiger partial charge < -0.3 is 9.64 Å². The zero-order valence-electron chi connectivity index (χ0n) is 11.6. The number of ether oxygens (including phenoxy) is 1. The normalized spacial score (nSPS) is 19.9. The SMILES string of the molecule is [C-]#[N+]c1ccc(OCCCN2CCCCC2C)cc1. The van der Waals surface area contributed by atoms with Crippen molar-refractivity contribution in [1.29, 1.82) is 0 Å². The average molecular weight is 258 g/mol. The Morgan fingerprint density at radius 1 is 1.32 bits per heavy atom. The molecule has 0 radical (unpaired) electrons. The highest BCUT2D eigenvalue weighted by Gasteiger charge is 2.17. The summed E-state index contributed by atoms with van der Waals surface area (Å²) in [4.78, 5) is 5.93. The third-order valence-electron chi connectivity index (χ3n) is 3.76. The smallest absolute Gasteiger partial charge is 0.187 e. The van der Waals surface area contributed by atoms with Crippen LogP contribution in [-0.4, -0.2) is 30.6 Å². The number of benzene rings is 1. The number of hydrogen-bond donors (Lipinski definition) is 0. The van der Waals surface area contributed by atoms with Crippen molar-refractivity contribution in [2.45, 2.75) is 38.6 Å². The summed E-state index contributed by atoms with van der Waals surface area (Å²) in [5.74, 6) is 0.860. The molecular weight excluding hydrogens is 236 g/mol. The molecule has 1 aromatic rings. The summed E-state index contributed by atoms with van der Waals surface area (Å²) < 4.78 is 5.70. The van der Waals surface area contributed by atoms with Crippen LogP contribution in [0.2, 0.25) is 0 Å². The first-order valence-corrected chi connectivity index (χ1v) is 7.14. The highest BCUT2D eigenvalue weighted by atomic mass is 16.5. The lowest BCUT2D eigenvalue weighted by Crippen LogP contribution is -2.38. The van der Waals surface area contributed by atoms with Gasteiger partial charge in [-0.25, -0.2) is 4.85 Å². The van der Waals surface area contributed by atoms with Crippen molar-refractivity contribution >= 4 is 5.69 Å². The zero-order chi connectivity index (χ0) is 13.5. The predicted octanol–water partition coefficient (Wildman–Crippen LogP) is 3.88. The molecule has 0 bridgehead atoms. The second kappa shape index (κ2) is 7.16. The van der Waals surface area contributed by atoms with E-state index in [0.717, 1.165) is 31.4 Å². The van der Waals surface area contributed by atoms with Gasteiger partial charge in [-0.2, -0.15) is 0 Å². The van der Waals surface area contributed by atoms with Gasteiger partial charge in [0.1, 0.15) is 5.75 Å². The molecule has 19 heavy (non-hydrogen) atoms. The zero-order valence-corrected chi connectivity index (χ0v) is 11.6. The summed E-state index contributed by atoms with van der Waals surface area (Å²) in [5.41, 5.74) is 0.662. The van der Waals surface area contributed by atoms with Crippen molar-refractivity contribution in [2.75, 3.05) is 19.7 Å². The van der Waals surface area contributed by atoms with Crippen molar-refractivity contribution in [3.8, 4) is 5.75 Å². The van der Waals surface area contributed by atoms with E-state index in [1.165, 1.54) is 25.8 Å². The fourth-order valence-electron chi connectivity index (χ4n) is 2.56. The topological polar surface area (TPSA) is 16.8 Å². The molecule has 0 spiro atoms. The first kappa shape index (κ1) is 13.9. The van der Waals surface area contributed by atoms with Crippen LogP contribution in [0.25, 0.3) is 4.85 Å². The Kier molecular flexibility index (Phi) is 5.23. The van der Waals surface area contributed by atoms with Crippen LogP contribution < -0.4 is 4.74 Å². The average Bonchev–Trinajstić information content (AvgIpc) is 2.46. The minimum Gasteiger partial charge on any atom is -0.494 e. The van der Waals surface area contributed by atoms with Gasteiger partial charge in [0.25, 0.3) is 0 Å². The summed E-state index contributed by atoms with van der Waals surface area (Å²) in [6.45, 7) is 12.3. The van der Waals surface area contributed by atoms with Crippen LogP contribution in [0.1, 0.15) is 32.6 Å². The van der Waals surface area contributed by atoms with Crippen molar-refractivity contribution in [3.63, 3.8) is 0 Å². The monoisotopic (exact) mass is 258 g/mol. The second-order valence-corrected chi connectivity index (χ2v) is 5.19. The number of rotatable bonds is 5. The quantitative estimate of drug-likeness (QED) is 0.589. The molecule has 0 aromatic heterocycles. The van der Waals surface area contributed by atoms with Gasteiger partial charge in [-0.3, -0.25) is 0 Å². The van der Waals surface area contributed by atoms with Crippen molar-refractivity contribution in [2.24, 2.45) is 0 Å². The summed E-state index contributed by atoms with van der Waals surface area (Å²) in [5, 5.41) is 0. The van der Waals surface area contributed by atoms with Gasteiger partial charge >= 0.3 is 0 Å². The molecule has 1 aromatic carbocycles. The summed E-state index contributed by atoms with van der Waals surface area (Å²) >= 11 is 0. The van der Waals surface area contributed by atoms with E-state index in [0.29, 0.717) is 5.69 Å². The first-order chi connectivity index (χ1) is 9.29. The number of hydrogen-bond acceptors (Lipinski definition) is 2. The Morgan fingerprint density at radius 2 is 2.11 bits per heavy atom. The van der Waals surface area contributed by atoms with E-state index in [2.05, 4.69) is 16.7 Å². The van der Waals surface area contributed by atoms with Crippen LogP contribution in [0.4, 0.5) is 5.69 Å². The summed E-state index contributed by atoms with van der Waals surface area (Å²) in [6, 6.07) is 8.07. The second-order valence-electron chi connectivity index (χ2n) is 5.19. The molecule has 2 rings (SSSR count). The Bertz CT molecular complexity index is 421. The maximum Gasteiger partial charge on any atom is 0.187 e. The van der Waals surface area contributed by atoms with E-state index in [4.69, 9.17) is 11.3 Å². The highest BCUT2D eigenvalue weighted by molar-refractivity contribution is 5.46. The Labute approximate surface area is 116 Å². The van der Waals surface area contributed by atoms with Gasteiger partial charge in [-0.1, -0.05) is 18.6 Å². The molecule has 1 fully saturated rings. The van der Waals surface area contributed by atoms with Crippen LogP contribution in [0.5, 0.6) is 5.75 Å². The van der Waals surface area contributed by atoms with Gasteiger partial charge in [0.05, 0.1) is 13.2 Å². The van der Waals surface area contributed by atoms with Crippen LogP contribution >= 0.6 is 0 Å². The Morgan fingerprint density at radius 3 is 2.79 bits per heavy atom. The molecule has 1 atom stereocenters. The molecule has 0 aliphatic carbocycles. The third-order valence-corrected chi connectivity index (χ3v) is 3.76. The van der Waals surface area contributed by atoms with Crippen molar-refractivity contribution in [1.82, 2.24) is 4.90 Å². The van der Waals surface area contributed by atoms with E-state index >= 15 is 0 Å². The van der Waals surface area contributed by atoms with Gasteiger partial charge in [-0.15, -0.1) is 0 Å². The number of piperidine rings is 1. The highest BCUT2D eigenvalue weighted by Crippen LogP contribution is 2.19. The lowest BCUT2D eigenvalue weighted by Gasteiger charge is -2.33. The molecular formula is C16H22N2O. The van der Waals surface area contributed by atoms with Crippen molar-refractivity contribution in [3.05, 3.63) is 35.7 Å². The first-order valence-electron chi connectivity index (χ1n) is 7.14. The van der Waals surface area contributed by atoms with Crippen LogP contribution in [-0.2, 0) is 0 Å². The number of likely N-dealkylation sites (tertiary alicyclic amines) is 1. The molecule has 1 aliphatic heterocycles. The lowest BCUT2D eigenvalue weighted by molar-refractivity contribution is 0.148. The van der Waals surface area contributed by atoms with E-state index in [9.17, 15) is 0 Å². The minimum absolute atomic E-state index is 0.662. The Balaban J connectivity index is 1.67. The van der Waals surface area contributed by atoms with Gasteiger partial charge in [0, 0.05) is 12.6 Å². The van der Waals surface area contributed by atoms with Crippen LogP contribution in [0.15, 0.2) is 24.3 Å². The van der Waals surface area contributed by atoms with E-state index in [-0.39, 0.29) is 0 Å². The summed E-state index contributed by atoms with van der Waals surface area (Å²) in [7, 11) is 0. The molecule has 1 saturated heterocycles. The summed E-state index contributed by atoms with van der Waals surface area (Å²) in [6.07, 6.45) is 5.11. The van der Waals surface area contributed by atoms with Crippen LogP contribution in [0.3, 0.4) is 0 Å². The third kappa shape index (κ3) is 4.25. The molecule has 102 valence electrons. The number of nitrogens with zero attached hydrogens (tertiary/aromatic N) is 2. The fourth-order valence-corrected chi connectivity index (χ4v) is 2.56. The molecule has 3 heteroatoms. The maximum absolute atomic E-state index is 6.89. The maximum atomic E-state index is 6.89. The molecule has 0 amide bonds. The van der Waals surface area contributed by atoms with E-state index < -0.39 is 0 Å². The van der Waals surface area contributed by atoms with Gasteiger partial charge in [0.15, 0.2) is 5.69 Å². The molecule has 3 nitrogen and oxygen atoms in total. The fraction of sp³-hybridized carbons (Fsp3) is 0.562. The largest absolute Gasteiger partial charge is 0.494 e. The van der Waals surface area contributed by atoms with Gasteiger partial charge in [0.2, 0.25) is 0 Å². The minimum atomic E-state index is 0.662.